The van der Waals surface area contributed by atoms with Gasteiger partial charge in [0.1, 0.15) is 0 Å². The van der Waals surface area contributed by atoms with Gasteiger partial charge in [0.2, 0.25) is 5.95 Å². The number of hydrogen-bond acceptors (Lipinski definition) is 7. The molecule has 9 heteroatoms. The summed E-state index contributed by atoms with van der Waals surface area (Å²) in [4.78, 5) is 9.32. The van der Waals surface area contributed by atoms with Gasteiger partial charge in [-0.2, -0.15) is 5.10 Å². The number of benzene rings is 1. The van der Waals surface area contributed by atoms with E-state index in [1.165, 1.54) is 24.1 Å². The molecule has 3 fully saturated rings. The van der Waals surface area contributed by atoms with Gasteiger partial charge < -0.3 is 20.1 Å². The molecule has 202 valence electrons. The molecule has 0 radical (unpaired) electrons. The van der Waals surface area contributed by atoms with Crippen molar-refractivity contribution >= 4 is 17.5 Å². The zero-order chi connectivity index (χ0) is 25.9. The highest BCUT2D eigenvalue weighted by Crippen LogP contribution is 2.37. The van der Waals surface area contributed by atoms with Crippen molar-refractivity contribution in [3.8, 4) is 11.3 Å². The number of nitrogens with zero attached hydrogens (tertiary/aromatic N) is 4. The Balaban J connectivity index is 0.977. The summed E-state index contributed by atoms with van der Waals surface area (Å²) in [5, 5.41) is 12.4. The zero-order valence-electron chi connectivity index (χ0n) is 22.0. The third-order valence-corrected chi connectivity index (χ3v) is 8.30. The summed E-state index contributed by atoms with van der Waals surface area (Å²) < 4.78 is 13.1. The lowest BCUT2D eigenvalue weighted by Gasteiger charge is -2.30. The first kappa shape index (κ1) is 25.7. The van der Waals surface area contributed by atoms with Crippen LogP contribution in [0.1, 0.15) is 61.6 Å². The third-order valence-electron chi connectivity index (χ3n) is 8.02. The largest absolute Gasteiger partial charge is 0.351 e. The van der Waals surface area contributed by atoms with Crippen LogP contribution in [0.4, 0.5) is 5.95 Å². The molecule has 1 saturated heterocycles. The van der Waals surface area contributed by atoms with Crippen molar-refractivity contribution in [3.63, 3.8) is 0 Å². The van der Waals surface area contributed by atoms with Gasteiger partial charge in [-0.15, -0.1) is 0 Å². The lowest BCUT2D eigenvalue weighted by Crippen LogP contribution is -2.38. The van der Waals surface area contributed by atoms with Gasteiger partial charge in [0, 0.05) is 36.0 Å². The average molecular weight is 537 g/mol. The van der Waals surface area contributed by atoms with Crippen molar-refractivity contribution in [3.05, 3.63) is 58.5 Å². The Hall–Kier alpha value is -2.52. The van der Waals surface area contributed by atoms with Crippen LogP contribution in [-0.2, 0) is 29.4 Å². The van der Waals surface area contributed by atoms with Crippen LogP contribution in [0.2, 0.25) is 5.02 Å². The molecule has 6 rings (SSSR count). The van der Waals surface area contributed by atoms with Crippen molar-refractivity contribution < 1.29 is 9.47 Å². The van der Waals surface area contributed by atoms with Gasteiger partial charge in [0.15, 0.2) is 6.29 Å². The molecular weight excluding hydrogens is 500 g/mol. The molecule has 0 amide bonds. The van der Waals surface area contributed by atoms with E-state index in [2.05, 4.69) is 45.0 Å². The summed E-state index contributed by atoms with van der Waals surface area (Å²) in [6.45, 7) is 2.33. The summed E-state index contributed by atoms with van der Waals surface area (Å²) >= 11 is 6.55. The number of nitrogens with one attached hydrogen (secondary N) is 2. The fraction of sp³-hybridized carbons (Fsp3) is 0.552. The van der Waals surface area contributed by atoms with Crippen LogP contribution in [0.5, 0.6) is 0 Å². The van der Waals surface area contributed by atoms with Crippen molar-refractivity contribution in [2.75, 3.05) is 25.1 Å². The van der Waals surface area contributed by atoms with E-state index >= 15 is 0 Å². The Morgan fingerprint density at radius 3 is 2.45 bits per heavy atom. The number of ether oxygens (including phenoxy) is 2. The number of hydrogen-bond donors (Lipinski definition) is 2. The van der Waals surface area contributed by atoms with Crippen molar-refractivity contribution in [1.29, 1.82) is 0 Å². The van der Waals surface area contributed by atoms with Crippen molar-refractivity contribution in [2.45, 2.75) is 69.7 Å². The maximum absolute atomic E-state index is 6.55. The summed E-state index contributed by atoms with van der Waals surface area (Å²) in [5.74, 6) is 1.41. The molecule has 3 heterocycles. The lowest BCUT2D eigenvalue weighted by molar-refractivity contribution is -0.0441. The molecule has 0 unspecified atom stereocenters. The quantitative estimate of drug-likeness (QED) is 0.373. The molecule has 2 aliphatic carbocycles. The smallest absolute Gasteiger partial charge is 0.223 e. The van der Waals surface area contributed by atoms with Gasteiger partial charge >= 0.3 is 0 Å². The zero-order valence-corrected chi connectivity index (χ0v) is 22.8. The molecule has 38 heavy (non-hydrogen) atoms. The van der Waals surface area contributed by atoms with E-state index in [0.717, 1.165) is 67.8 Å². The fourth-order valence-corrected chi connectivity index (χ4v) is 5.75. The van der Waals surface area contributed by atoms with Gasteiger partial charge in [-0.1, -0.05) is 35.9 Å². The van der Waals surface area contributed by atoms with Gasteiger partial charge in [-0.25, -0.2) is 9.97 Å². The van der Waals surface area contributed by atoms with Crippen LogP contribution in [-0.4, -0.2) is 51.6 Å². The summed E-state index contributed by atoms with van der Waals surface area (Å²) in [6.07, 6.45) is 12.5. The standard InChI is InChI=1S/C29H37ClN6O2/c1-36-26(16-20-2-3-20)24(17-33-36)27-25(30)18-32-29(35-27)34-23-10-8-22(9-11-23)31-13-12-19-4-6-21(7-5-19)28-37-14-15-38-28/h4-7,17-18,20,22-23,28,31H,2-3,8-16H2,1H3,(H,32,34,35). The second-order valence-corrected chi connectivity index (χ2v) is 11.3. The van der Waals surface area contributed by atoms with Crippen LogP contribution in [0.25, 0.3) is 11.3 Å². The van der Waals surface area contributed by atoms with E-state index in [0.29, 0.717) is 36.3 Å². The van der Waals surface area contributed by atoms with Gasteiger partial charge in [0.25, 0.3) is 0 Å². The molecular formula is C29H37ClN6O2. The third kappa shape index (κ3) is 6.20. The molecule has 1 aliphatic heterocycles. The summed E-state index contributed by atoms with van der Waals surface area (Å²) in [7, 11) is 2.00. The monoisotopic (exact) mass is 536 g/mol. The predicted octanol–water partition coefficient (Wildman–Crippen LogP) is 5.08. The Bertz CT molecular complexity index is 1210. The number of anilines is 1. The second-order valence-electron chi connectivity index (χ2n) is 10.9. The first-order valence-corrected chi connectivity index (χ1v) is 14.4. The highest BCUT2D eigenvalue weighted by molar-refractivity contribution is 6.32. The van der Waals surface area contributed by atoms with E-state index in [1.807, 2.05) is 17.9 Å². The number of rotatable bonds is 10. The van der Waals surface area contributed by atoms with Crippen LogP contribution in [0, 0.1) is 5.92 Å². The maximum Gasteiger partial charge on any atom is 0.223 e. The van der Waals surface area contributed by atoms with Gasteiger partial charge in [-0.05, 0) is 69.4 Å². The Kier molecular flexibility index (Phi) is 7.92. The minimum atomic E-state index is -0.198. The molecule has 3 aromatic rings. The molecule has 0 atom stereocenters. The molecule has 1 aromatic carbocycles. The highest BCUT2D eigenvalue weighted by atomic mass is 35.5. The van der Waals surface area contributed by atoms with Gasteiger partial charge in [0.05, 0.1) is 36.3 Å². The average Bonchev–Trinajstić information content (AvgIpc) is 3.44. The van der Waals surface area contributed by atoms with Crippen LogP contribution in [0.3, 0.4) is 0 Å². The number of aryl methyl sites for hydroxylation is 1. The van der Waals surface area contributed by atoms with E-state index in [-0.39, 0.29) is 6.29 Å². The molecule has 0 bridgehead atoms. The minimum Gasteiger partial charge on any atom is -0.351 e. The van der Waals surface area contributed by atoms with Crippen LogP contribution >= 0.6 is 11.6 Å². The normalized spacial score (nSPS) is 22.2. The van der Waals surface area contributed by atoms with Crippen molar-refractivity contribution in [2.24, 2.45) is 13.0 Å². The SMILES string of the molecule is Cn1ncc(-c2nc(NC3CCC(NCCc4ccc(C5OCCO5)cc4)CC3)ncc2Cl)c1CC1CC1. The molecule has 2 saturated carbocycles. The first-order valence-electron chi connectivity index (χ1n) is 14.0. The highest BCUT2D eigenvalue weighted by Gasteiger charge is 2.27. The Morgan fingerprint density at radius 1 is 0.974 bits per heavy atom. The fourth-order valence-electron chi connectivity index (χ4n) is 5.56. The van der Waals surface area contributed by atoms with E-state index in [1.54, 1.807) is 6.20 Å². The maximum atomic E-state index is 6.55. The minimum absolute atomic E-state index is 0.198. The van der Waals surface area contributed by atoms with E-state index in [4.69, 9.17) is 26.1 Å². The van der Waals surface area contributed by atoms with E-state index in [9.17, 15) is 0 Å². The second kappa shape index (κ2) is 11.7. The first-order chi connectivity index (χ1) is 18.6. The predicted molar refractivity (Wildman–Crippen MR) is 148 cm³/mol. The topological polar surface area (TPSA) is 86.1 Å². The molecule has 2 aromatic heterocycles. The number of halogens is 1. The van der Waals surface area contributed by atoms with Crippen LogP contribution in [0.15, 0.2) is 36.7 Å². The molecule has 3 aliphatic rings. The van der Waals surface area contributed by atoms with Crippen molar-refractivity contribution in [1.82, 2.24) is 25.1 Å². The Morgan fingerprint density at radius 2 is 1.71 bits per heavy atom. The summed E-state index contributed by atoms with van der Waals surface area (Å²) in [5.41, 5.74) is 5.44. The van der Waals surface area contributed by atoms with E-state index < -0.39 is 0 Å². The lowest BCUT2D eigenvalue weighted by atomic mass is 9.91. The molecule has 0 spiro atoms. The molecule has 2 N–H and O–H groups in total. The number of aromatic nitrogens is 4. The molecule has 8 nitrogen and oxygen atoms in total. The van der Waals surface area contributed by atoms with Crippen LogP contribution < -0.4 is 10.6 Å². The summed E-state index contributed by atoms with van der Waals surface area (Å²) in [6, 6.07) is 9.53. The van der Waals surface area contributed by atoms with Gasteiger partial charge in [-0.3, -0.25) is 4.68 Å². The Labute approximate surface area is 229 Å².